The average molecular weight is 198 g/mol. The molecule has 0 amide bonds. The minimum atomic E-state index is 0.245. The molecule has 0 aromatic rings. The number of hydrogen-bond acceptors (Lipinski definition) is 3. The Bertz CT molecular complexity index is 185. The summed E-state index contributed by atoms with van der Waals surface area (Å²) in [4.78, 5) is 9.69. The molecule has 1 fully saturated rings. The minimum absolute atomic E-state index is 0.245. The zero-order valence-electron chi connectivity index (χ0n) is 8.48. The molecule has 0 saturated carbocycles. The van der Waals surface area contributed by atoms with Crippen LogP contribution < -0.4 is 0 Å². The molecule has 1 aliphatic heterocycles. The summed E-state index contributed by atoms with van der Waals surface area (Å²) in [7, 11) is 0. The third-order valence-corrected chi connectivity index (χ3v) is 3.02. The maximum absolute atomic E-state index is 5.03. The molecule has 0 N–H and O–H groups in total. The van der Waals surface area contributed by atoms with E-state index in [0.717, 1.165) is 18.8 Å². The molecule has 0 radical (unpaired) electrons. The molecule has 2 rings (SSSR count). The number of allylic oxidation sites excluding steroid dienone is 2. The van der Waals surface area contributed by atoms with Crippen molar-refractivity contribution in [2.45, 2.75) is 44.6 Å². The van der Waals surface area contributed by atoms with E-state index < -0.39 is 0 Å². The Hall–Kier alpha value is -0.380. The molecule has 0 aromatic carbocycles. The van der Waals surface area contributed by atoms with Gasteiger partial charge in [-0.3, -0.25) is 0 Å². The summed E-state index contributed by atoms with van der Waals surface area (Å²) in [6.45, 7) is 0.662. The van der Waals surface area contributed by atoms with Gasteiger partial charge in [0.15, 0.2) is 0 Å². The molecule has 2 aliphatic rings. The summed E-state index contributed by atoms with van der Waals surface area (Å²) in [5.74, 6) is 0.853. The molecular formula is C11H18O3. The molecule has 1 aliphatic carbocycles. The van der Waals surface area contributed by atoms with Gasteiger partial charge in [-0.05, 0) is 38.0 Å². The molecule has 80 valence electrons. The molecule has 1 saturated heterocycles. The van der Waals surface area contributed by atoms with Crippen molar-refractivity contribution in [3.63, 3.8) is 0 Å². The Kier molecular flexibility index (Phi) is 3.98. The SMILES string of the molecule is C1=CCC(CCC2CCOOO2)CC1. The molecule has 0 bridgehead atoms. The lowest BCUT2D eigenvalue weighted by atomic mass is 9.89. The molecule has 14 heavy (non-hydrogen) atoms. The van der Waals surface area contributed by atoms with Gasteiger partial charge in [-0.1, -0.05) is 17.2 Å². The van der Waals surface area contributed by atoms with Crippen molar-refractivity contribution in [3.05, 3.63) is 12.2 Å². The maximum atomic E-state index is 5.03. The van der Waals surface area contributed by atoms with Crippen LogP contribution in [0.1, 0.15) is 38.5 Å². The van der Waals surface area contributed by atoms with E-state index in [-0.39, 0.29) is 6.10 Å². The van der Waals surface area contributed by atoms with E-state index in [4.69, 9.17) is 4.89 Å². The quantitative estimate of drug-likeness (QED) is 0.515. The summed E-state index contributed by atoms with van der Waals surface area (Å²) in [6.07, 6.45) is 12.0. The van der Waals surface area contributed by atoms with Gasteiger partial charge in [-0.25, -0.2) is 9.78 Å². The Labute approximate surface area is 84.9 Å². The van der Waals surface area contributed by atoms with Crippen LogP contribution in [0.3, 0.4) is 0 Å². The van der Waals surface area contributed by atoms with E-state index in [1.165, 1.54) is 25.7 Å². The smallest absolute Gasteiger partial charge is 0.0984 e. The summed E-state index contributed by atoms with van der Waals surface area (Å²) in [6, 6.07) is 0. The predicted molar refractivity (Wildman–Crippen MR) is 52.2 cm³/mol. The van der Waals surface area contributed by atoms with Crippen LogP contribution in [-0.4, -0.2) is 12.7 Å². The van der Waals surface area contributed by atoms with E-state index in [1.807, 2.05) is 0 Å². The first-order valence-corrected chi connectivity index (χ1v) is 5.55. The molecule has 0 spiro atoms. The van der Waals surface area contributed by atoms with E-state index in [2.05, 4.69) is 22.1 Å². The van der Waals surface area contributed by atoms with Gasteiger partial charge in [0.2, 0.25) is 0 Å². The van der Waals surface area contributed by atoms with E-state index >= 15 is 0 Å². The normalized spacial score (nSPS) is 33.1. The zero-order chi connectivity index (χ0) is 9.64. The molecule has 3 nitrogen and oxygen atoms in total. The van der Waals surface area contributed by atoms with Crippen molar-refractivity contribution >= 4 is 0 Å². The summed E-state index contributed by atoms with van der Waals surface area (Å²) in [5, 5.41) is 4.51. The van der Waals surface area contributed by atoms with Gasteiger partial charge in [0, 0.05) is 6.42 Å². The second-order valence-electron chi connectivity index (χ2n) is 4.12. The lowest BCUT2D eigenvalue weighted by molar-refractivity contribution is -0.549. The van der Waals surface area contributed by atoms with Crippen LogP contribution in [0.5, 0.6) is 0 Å². The van der Waals surface area contributed by atoms with Crippen LogP contribution in [0, 0.1) is 5.92 Å². The highest BCUT2D eigenvalue weighted by Crippen LogP contribution is 2.25. The molecule has 2 atom stereocenters. The molecular weight excluding hydrogens is 180 g/mol. The van der Waals surface area contributed by atoms with Crippen molar-refractivity contribution in [2.24, 2.45) is 5.92 Å². The summed E-state index contributed by atoms with van der Waals surface area (Å²) >= 11 is 0. The molecule has 0 aromatic heterocycles. The Balaban J connectivity index is 1.63. The number of hydrogen-bond donors (Lipinski definition) is 0. The van der Waals surface area contributed by atoms with Crippen LogP contribution in [-0.2, 0) is 14.8 Å². The lowest BCUT2D eigenvalue weighted by Gasteiger charge is -2.23. The standard InChI is InChI=1S/C11H18O3/c1-2-4-10(5-3-1)6-7-11-8-9-12-14-13-11/h1-2,10-11H,3-9H2. The van der Waals surface area contributed by atoms with Crippen LogP contribution in [0.2, 0.25) is 0 Å². The van der Waals surface area contributed by atoms with Crippen molar-refractivity contribution in [1.82, 2.24) is 0 Å². The third kappa shape index (κ3) is 3.08. The van der Waals surface area contributed by atoms with Crippen LogP contribution in [0.15, 0.2) is 12.2 Å². The number of rotatable bonds is 3. The fourth-order valence-electron chi connectivity index (χ4n) is 2.08. The van der Waals surface area contributed by atoms with E-state index in [1.54, 1.807) is 0 Å². The van der Waals surface area contributed by atoms with Crippen LogP contribution in [0.25, 0.3) is 0 Å². The fraction of sp³-hybridized carbons (Fsp3) is 0.818. The Morgan fingerprint density at radius 1 is 1.14 bits per heavy atom. The van der Waals surface area contributed by atoms with Crippen molar-refractivity contribution in [3.8, 4) is 0 Å². The van der Waals surface area contributed by atoms with Crippen LogP contribution in [0.4, 0.5) is 0 Å². The largest absolute Gasteiger partial charge is 0.206 e. The highest BCUT2D eigenvalue weighted by Gasteiger charge is 2.18. The molecule has 1 heterocycles. The zero-order valence-corrected chi connectivity index (χ0v) is 8.48. The van der Waals surface area contributed by atoms with Crippen molar-refractivity contribution in [1.29, 1.82) is 0 Å². The highest BCUT2D eigenvalue weighted by molar-refractivity contribution is 4.90. The molecule has 2 unspecified atom stereocenters. The van der Waals surface area contributed by atoms with Gasteiger partial charge in [-0.2, -0.15) is 0 Å². The Morgan fingerprint density at radius 2 is 2.14 bits per heavy atom. The van der Waals surface area contributed by atoms with E-state index in [0.29, 0.717) is 6.61 Å². The van der Waals surface area contributed by atoms with Gasteiger partial charge in [0.25, 0.3) is 0 Å². The van der Waals surface area contributed by atoms with Crippen LogP contribution >= 0.6 is 0 Å². The average Bonchev–Trinajstić information content (AvgIpc) is 2.29. The van der Waals surface area contributed by atoms with Gasteiger partial charge >= 0.3 is 0 Å². The maximum Gasteiger partial charge on any atom is 0.0984 e. The Morgan fingerprint density at radius 3 is 2.86 bits per heavy atom. The second kappa shape index (κ2) is 5.49. The fourth-order valence-corrected chi connectivity index (χ4v) is 2.08. The van der Waals surface area contributed by atoms with Gasteiger partial charge in [-0.15, -0.1) is 0 Å². The topological polar surface area (TPSA) is 27.7 Å². The third-order valence-electron chi connectivity index (χ3n) is 3.02. The van der Waals surface area contributed by atoms with E-state index in [9.17, 15) is 0 Å². The first-order valence-electron chi connectivity index (χ1n) is 5.55. The van der Waals surface area contributed by atoms with Gasteiger partial charge in [0.1, 0.15) is 0 Å². The monoisotopic (exact) mass is 198 g/mol. The molecule has 3 heteroatoms. The lowest BCUT2D eigenvalue weighted by Crippen LogP contribution is -2.22. The predicted octanol–water partition coefficient (Wildman–Crippen LogP) is 2.78. The summed E-state index contributed by atoms with van der Waals surface area (Å²) < 4.78 is 0. The first-order chi connectivity index (χ1) is 6.95. The highest BCUT2D eigenvalue weighted by atomic mass is 17.5. The first kappa shape index (κ1) is 10.1. The van der Waals surface area contributed by atoms with Crippen molar-refractivity contribution in [2.75, 3.05) is 6.61 Å². The second-order valence-corrected chi connectivity index (χ2v) is 4.12. The van der Waals surface area contributed by atoms with Crippen molar-refractivity contribution < 1.29 is 14.8 Å². The summed E-state index contributed by atoms with van der Waals surface area (Å²) in [5.41, 5.74) is 0. The van der Waals surface area contributed by atoms with Gasteiger partial charge in [0.05, 0.1) is 12.7 Å². The minimum Gasteiger partial charge on any atom is -0.206 e. The van der Waals surface area contributed by atoms with Gasteiger partial charge < -0.3 is 0 Å².